The Morgan fingerprint density at radius 2 is 1.77 bits per heavy atom. The normalized spacial score (nSPS) is 54.8. The minimum absolute atomic E-state index is 0.00327. The molecule has 4 aliphatic carbocycles. The molecule has 0 radical (unpaired) electrons. The van der Waals surface area contributed by atoms with E-state index in [1.165, 1.54) is 0 Å². The van der Waals surface area contributed by atoms with Gasteiger partial charge >= 0.3 is 5.97 Å². The van der Waals surface area contributed by atoms with E-state index in [1.807, 2.05) is 0 Å². The van der Waals surface area contributed by atoms with Gasteiger partial charge in [0.25, 0.3) is 0 Å². The summed E-state index contributed by atoms with van der Waals surface area (Å²) in [5.41, 5.74) is -1.88. The number of carbonyl (C=O) groups excluding carboxylic acids is 1. The van der Waals surface area contributed by atoms with Crippen LogP contribution < -0.4 is 0 Å². The molecule has 0 amide bonds. The highest BCUT2D eigenvalue weighted by Crippen LogP contribution is 2.72. The highest BCUT2D eigenvalue weighted by molar-refractivity contribution is 5.86. The lowest BCUT2D eigenvalue weighted by Crippen LogP contribution is -2.62. The number of ether oxygens (including phenoxy) is 5. The SMILES string of the molecule is C[C@@]12CC[C@H]3OC(=O)C=C3[C@H]1CC[C@@]13C[C@@H](CC[C@H]12)[C@](CO)(O[C@@H]1O[C@H](CO[C@@H]2OC[C@](O)(CO)[C@H]2O)[C@@H](O)[C@H](O)[C@H]1O)C3. The third-order valence-corrected chi connectivity index (χ3v) is 12.7. The van der Waals surface area contributed by atoms with Crippen LogP contribution in [0.15, 0.2) is 11.6 Å². The third-order valence-electron chi connectivity index (χ3n) is 12.7. The van der Waals surface area contributed by atoms with Crippen LogP contribution in [0.2, 0.25) is 0 Å². The van der Waals surface area contributed by atoms with E-state index in [0.29, 0.717) is 12.3 Å². The molecule has 7 aliphatic rings. The van der Waals surface area contributed by atoms with E-state index in [0.717, 1.165) is 50.5 Å². The Hall–Kier alpha value is -1.23. The van der Waals surface area contributed by atoms with Gasteiger partial charge in [0.15, 0.2) is 12.6 Å². The van der Waals surface area contributed by atoms with Crippen molar-refractivity contribution in [2.45, 2.75) is 119 Å². The van der Waals surface area contributed by atoms with Gasteiger partial charge in [0.05, 0.1) is 32.0 Å². The molecule has 3 aliphatic heterocycles. The molecule has 248 valence electrons. The van der Waals surface area contributed by atoms with Crippen molar-refractivity contribution in [3.05, 3.63) is 11.6 Å². The highest BCUT2D eigenvalue weighted by atomic mass is 16.7. The zero-order valence-electron chi connectivity index (χ0n) is 25.0. The zero-order chi connectivity index (χ0) is 31.2. The minimum atomic E-state index is -1.89. The van der Waals surface area contributed by atoms with Crippen molar-refractivity contribution in [2.75, 3.05) is 26.4 Å². The number of rotatable bonds is 7. The largest absolute Gasteiger partial charge is 0.455 e. The van der Waals surface area contributed by atoms with Gasteiger partial charge < -0.3 is 59.4 Å². The topological polar surface area (TPSA) is 205 Å². The maximum absolute atomic E-state index is 12.1. The van der Waals surface area contributed by atoms with Crippen molar-refractivity contribution in [3.63, 3.8) is 0 Å². The van der Waals surface area contributed by atoms with Crippen LogP contribution >= 0.6 is 0 Å². The first kappa shape index (κ1) is 31.4. The summed E-state index contributed by atoms with van der Waals surface area (Å²) >= 11 is 0. The zero-order valence-corrected chi connectivity index (χ0v) is 25.0. The summed E-state index contributed by atoms with van der Waals surface area (Å²) in [6.45, 7) is 0.584. The molecule has 4 saturated carbocycles. The van der Waals surface area contributed by atoms with Crippen LogP contribution in [-0.4, -0.2) is 129 Å². The van der Waals surface area contributed by atoms with Crippen molar-refractivity contribution < 1.29 is 64.2 Å². The maximum atomic E-state index is 12.1. The number of aliphatic hydroxyl groups excluding tert-OH is 6. The Bertz CT molecular complexity index is 1170. The molecule has 0 aromatic rings. The Balaban J connectivity index is 1.07. The summed E-state index contributed by atoms with van der Waals surface area (Å²) in [6, 6.07) is 0. The predicted molar refractivity (Wildman–Crippen MR) is 147 cm³/mol. The second kappa shape index (κ2) is 10.9. The molecule has 13 nitrogen and oxygen atoms in total. The van der Waals surface area contributed by atoms with Crippen LogP contribution in [0, 0.1) is 28.6 Å². The number of esters is 1. The first-order chi connectivity index (χ1) is 20.9. The molecule has 13 heteroatoms. The van der Waals surface area contributed by atoms with Crippen LogP contribution in [0.4, 0.5) is 0 Å². The Kier molecular flexibility index (Phi) is 7.78. The third kappa shape index (κ3) is 4.57. The van der Waals surface area contributed by atoms with Crippen LogP contribution in [0.25, 0.3) is 0 Å². The Labute approximate surface area is 255 Å². The molecule has 2 bridgehead atoms. The fourth-order valence-electron chi connectivity index (χ4n) is 10.4. The van der Waals surface area contributed by atoms with Gasteiger partial charge in [0.2, 0.25) is 0 Å². The molecule has 2 saturated heterocycles. The standard InChI is InChI=1S/C31H46O13/c1-28-6-5-18-16(8-21(34)42-18)17(28)4-7-29-9-15(2-3-20(28)29)31(11-29,13-33)44-26-24(37)23(36)22(35)19(43-26)10-40-27-25(38)30(39,12-32)14-41-27/h8,15,17-20,22-27,32-33,35-39H,2-7,9-14H2,1H3/t15-,17-,18-,19-,20+,22-,23+,24-,25+,26+,27-,28-,29+,30-,31+/m1/s1. The Morgan fingerprint density at radius 1 is 0.977 bits per heavy atom. The fourth-order valence-corrected chi connectivity index (χ4v) is 10.4. The van der Waals surface area contributed by atoms with E-state index in [2.05, 4.69) is 6.92 Å². The molecule has 15 atom stereocenters. The summed E-state index contributed by atoms with van der Waals surface area (Å²) < 4.78 is 28.9. The number of carbonyl (C=O) groups is 1. The molecular formula is C31H46O13. The van der Waals surface area contributed by atoms with Crippen LogP contribution in [0.1, 0.15) is 58.3 Å². The maximum Gasteiger partial charge on any atom is 0.331 e. The molecule has 7 rings (SSSR count). The summed E-state index contributed by atoms with van der Waals surface area (Å²) in [5, 5.41) is 73.2. The number of aliphatic hydroxyl groups is 7. The van der Waals surface area contributed by atoms with Crippen molar-refractivity contribution in [1.29, 1.82) is 0 Å². The van der Waals surface area contributed by atoms with E-state index in [1.54, 1.807) is 6.08 Å². The van der Waals surface area contributed by atoms with Gasteiger partial charge in [-0.3, -0.25) is 0 Å². The second-order valence-electron chi connectivity index (χ2n) is 14.9. The van der Waals surface area contributed by atoms with Crippen LogP contribution in [0.3, 0.4) is 0 Å². The lowest BCUT2D eigenvalue weighted by atomic mass is 9.44. The molecule has 0 aromatic heterocycles. The lowest BCUT2D eigenvalue weighted by molar-refractivity contribution is -0.340. The van der Waals surface area contributed by atoms with Gasteiger partial charge in [-0.15, -0.1) is 0 Å². The van der Waals surface area contributed by atoms with Gasteiger partial charge in [-0.05, 0) is 85.5 Å². The first-order valence-electron chi connectivity index (χ1n) is 16.0. The monoisotopic (exact) mass is 626 g/mol. The number of hydrogen-bond acceptors (Lipinski definition) is 13. The molecule has 44 heavy (non-hydrogen) atoms. The summed E-state index contributed by atoms with van der Waals surface area (Å²) in [7, 11) is 0. The van der Waals surface area contributed by atoms with E-state index in [9.17, 15) is 40.5 Å². The highest BCUT2D eigenvalue weighted by Gasteiger charge is 2.68. The molecule has 6 fully saturated rings. The summed E-state index contributed by atoms with van der Waals surface area (Å²) in [4.78, 5) is 12.1. The van der Waals surface area contributed by atoms with Crippen molar-refractivity contribution in [3.8, 4) is 0 Å². The molecule has 7 N–H and O–H groups in total. The predicted octanol–water partition coefficient (Wildman–Crippen LogP) is -1.13. The molecule has 0 unspecified atom stereocenters. The first-order valence-corrected chi connectivity index (χ1v) is 16.0. The number of fused-ring (bicyclic) bond motifs is 5. The molecule has 3 heterocycles. The van der Waals surface area contributed by atoms with Gasteiger partial charge in [0.1, 0.15) is 42.2 Å². The molecular weight excluding hydrogens is 580 g/mol. The minimum Gasteiger partial charge on any atom is -0.455 e. The van der Waals surface area contributed by atoms with Gasteiger partial charge in [-0.1, -0.05) is 6.92 Å². The van der Waals surface area contributed by atoms with Crippen LogP contribution in [0.5, 0.6) is 0 Å². The average Bonchev–Trinajstić information content (AvgIpc) is 3.61. The lowest BCUT2D eigenvalue weighted by Gasteiger charge is -2.60. The number of hydrogen-bond donors (Lipinski definition) is 7. The van der Waals surface area contributed by atoms with Crippen molar-refractivity contribution >= 4 is 5.97 Å². The van der Waals surface area contributed by atoms with E-state index in [-0.39, 0.29) is 54.6 Å². The van der Waals surface area contributed by atoms with Gasteiger partial charge in [-0.2, -0.15) is 0 Å². The van der Waals surface area contributed by atoms with Crippen molar-refractivity contribution in [1.82, 2.24) is 0 Å². The van der Waals surface area contributed by atoms with E-state index < -0.39 is 60.9 Å². The quantitative estimate of drug-likeness (QED) is 0.167. The van der Waals surface area contributed by atoms with Crippen LogP contribution in [-0.2, 0) is 28.5 Å². The fraction of sp³-hybridized carbons (Fsp3) is 0.903. The van der Waals surface area contributed by atoms with E-state index in [4.69, 9.17) is 23.7 Å². The van der Waals surface area contributed by atoms with Gasteiger partial charge in [0, 0.05) is 6.08 Å². The average molecular weight is 627 g/mol. The van der Waals surface area contributed by atoms with Crippen molar-refractivity contribution in [2.24, 2.45) is 28.6 Å². The Morgan fingerprint density at radius 3 is 2.50 bits per heavy atom. The van der Waals surface area contributed by atoms with Gasteiger partial charge in [-0.25, -0.2) is 4.79 Å². The summed E-state index contributed by atoms with van der Waals surface area (Å²) in [6.07, 6.45) is -1.77. The second-order valence-corrected chi connectivity index (χ2v) is 14.9. The summed E-state index contributed by atoms with van der Waals surface area (Å²) in [5.74, 6) is 0.401. The smallest absolute Gasteiger partial charge is 0.331 e. The van der Waals surface area contributed by atoms with E-state index >= 15 is 0 Å². The molecule has 1 spiro atoms. The molecule has 0 aromatic carbocycles.